The highest BCUT2D eigenvalue weighted by Gasteiger charge is 2.34. The van der Waals surface area contributed by atoms with Gasteiger partial charge in [0.15, 0.2) is 0 Å². The van der Waals surface area contributed by atoms with Gasteiger partial charge in [0.1, 0.15) is 18.3 Å². The summed E-state index contributed by atoms with van der Waals surface area (Å²) in [4.78, 5) is 3.96. The summed E-state index contributed by atoms with van der Waals surface area (Å²) in [7, 11) is 0. The largest absolute Gasteiger partial charge is 0.384 e. The fourth-order valence-electron chi connectivity index (χ4n) is 3.08. The first-order valence-electron chi connectivity index (χ1n) is 7.59. The third-order valence-electron chi connectivity index (χ3n) is 4.34. The molecule has 2 aromatic rings. The van der Waals surface area contributed by atoms with Gasteiger partial charge in [-0.3, -0.25) is 0 Å². The van der Waals surface area contributed by atoms with Crippen LogP contribution in [0.15, 0.2) is 36.4 Å². The van der Waals surface area contributed by atoms with Gasteiger partial charge in [0.25, 0.3) is 0 Å². The van der Waals surface area contributed by atoms with E-state index in [9.17, 15) is 5.11 Å². The van der Waals surface area contributed by atoms with E-state index >= 15 is 0 Å². The number of aryl methyl sites for hydroxylation is 1. The summed E-state index contributed by atoms with van der Waals surface area (Å²) < 4.78 is 1.70. The first kappa shape index (κ1) is 15.3. The normalized spacial score (nSPS) is 23.9. The zero-order valence-electron chi connectivity index (χ0n) is 12.7. The highest BCUT2D eigenvalue weighted by Crippen LogP contribution is 2.36. The van der Waals surface area contributed by atoms with Crippen molar-refractivity contribution in [3.63, 3.8) is 0 Å². The highest BCUT2D eigenvalue weighted by atomic mass is 35.5. The molecular formula is C17H20ClN3O. The summed E-state index contributed by atoms with van der Waals surface area (Å²) in [6.45, 7) is 2.49. The Labute approximate surface area is 135 Å². The second kappa shape index (κ2) is 6.23. The first-order valence-corrected chi connectivity index (χ1v) is 7.97. The minimum absolute atomic E-state index is 0.450. The zero-order chi connectivity index (χ0) is 15.6. The van der Waals surface area contributed by atoms with E-state index in [-0.39, 0.29) is 0 Å². The van der Waals surface area contributed by atoms with E-state index in [4.69, 9.17) is 11.6 Å². The van der Waals surface area contributed by atoms with Crippen LogP contribution in [0, 0.1) is 6.92 Å². The predicted molar refractivity (Wildman–Crippen MR) is 87.6 cm³/mol. The standard InChI is InChI=1S/C17H20ClN3O/c1-13-8-16(18)6-5-14(13)9-15-4-2-3-7-17(15,22)10-21-12-19-11-20-21/h5-6,8-9,11-12,22H,2-4,7,10H2,1H3. The second-order valence-electron chi connectivity index (χ2n) is 6.00. The fourth-order valence-corrected chi connectivity index (χ4v) is 3.31. The first-order chi connectivity index (χ1) is 10.6. The lowest BCUT2D eigenvalue weighted by molar-refractivity contribution is 0.0323. The van der Waals surface area contributed by atoms with E-state index < -0.39 is 5.60 Å². The molecule has 0 bridgehead atoms. The maximum Gasteiger partial charge on any atom is 0.137 e. The Morgan fingerprint density at radius 3 is 3.00 bits per heavy atom. The minimum atomic E-state index is -0.849. The van der Waals surface area contributed by atoms with Crippen molar-refractivity contribution in [1.82, 2.24) is 14.8 Å². The smallest absolute Gasteiger partial charge is 0.137 e. The Hall–Kier alpha value is -1.65. The number of aromatic nitrogens is 3. The lowest BCUT2D eigenvalue weighted by atomic mass is 9.79. The molecule has 1 aliphatic rings. The van der Waals surface area contributed by atoms with Gasteiger partial charge in [-0.05, 0) is 61.4 Å². The Morgan fingerprint density at radius 1 is 1.41 bits per heavy atom. The van der Waals surface area contributed by atoms with Crippen LogP contribution in [0.5, 0.6) is 0 Å². The minimum Gasteiger partial charge on any atom is -0.384 e. The van der Waals surface area contributed by atoms with Gasteiger partial charge in [0.05, 0.1) is 6.54 Å². The molecule has 0 radical (unpaired) electrons. The molecule has 1 aromatic carbocycles. The molecule has 5 heteroatoms. The van der Waals surface area contributed by atoms with E-state index in [0.29, 0.717) is 6.54 Å². The average molecular weight is 318 g/mol. The van der Waals surface area contributed by atoms with Gasteiger partial charge in [-0.25, -0.2) is 9.67 Å². The lowest BCUT2D eigenvalue weighted by Crippen LogP contribution is -2.38. The van der Waals surface area contributed by atoms with Gasteiger partial charge >= 0.3 is 0 Å². The van der Waals surface area contributed by atoms with Crippen LogP contribution in [0.3, 0.4) is 0 Å². The number of aliphatic hydroxyl groups is 1. The molecule has 1 N–H and O–H groups in total. The molecule has 3 rings (SSSR count). The number of rotatable bonds is 3. The van der Waals surface area contributed by atoms with Gasteiger partial charge in [0.2, 0.25) is 0 Å². The van der Waals surface area contributed by atoms with Crippen molar-refractivity contribution >= 4 is 17.7 Å². The van der Waals surface area contributed by atoms with Gasteiger partial charge in [-0.1, -0.05) is 23.7 Å². The Kier molecular flexibility index (Phi) is 4.32. The summed E-state index contributed by atoms with van der Waals surface area (Å²) >= 11 is 6.02. The number of halogens is 1. The van der Waals surface area contributed by atoms with Gasteiger partial charge in [-0.2, -0.15) is 5.10 Å². The van der Waals surface area contributed by atoms with Crippen LogP contribution >= 0.6 is 11.6 Å². The summed E-state index contributed by atoms with van der Waals surface area (Å²) in [6, 6.07) is 5.85. The molecule has 22 heavy (non-hydrogen) atoms. The van der Waals surface area contributed by atoms with Crippen LogP contribution in [0.4, 0.5) is 0 Å². The second-order valence-corrected chi connectivity index (χ2v) is 6.44. The van der Waals surface area contributed by atoms with Crippen molar-refractivity contribution in [3.8, 4) is 0 Å². The van der Waals surface area contributed by atoms with Gasteiger partial charge in [0, 0.05) is 5.02 Å². The third kappa shape index (κ3) is 3.23. The maximum atomic E-state index is 11.1. The number of benzene rings is 1. The quantitative estimate of drug-likeness (QED) is 0.940. The van der Waals surface area contributed by atoms with Crippen molar-refractivity contribution in [2.75, 3.05) is 0 Å². The Balaban J connectivity index is 1.93. The SMILES string of the molecule is Cc1cc(Cl)ccc1C=C1CCCCC1(O)Cn1cncn1. The predicted octanol–water partition coefficient (Wildman–Crippen LogP) is 3.63. The molecule has 1 unspecified atom stereocenters. The topological polar surface area (TPSA) is 50.9 Å². The summed E-state index contributed by atoms with van der Waals surface area (Å²) in [6.07, 6.45) is 9.07. The number of hydrogen-bond acceptors (Lipinski definition) is 3. The molecule has 1 aliphatic carbocycles. The van der Waals surface area contributed by atoms with E-state index in [1.54, 1.807) is 11.0 Å². The van der Waals surface area contributed by atoms with Crippen molar-refractivity contribution in [3.05, 3.63) is 52.6 Å². The van der Waals surface area contributed by atoms with Crippen LogP contribution < -0.4 is 0 Å². The van der Waals surface area contributed by atoms with E-state index in [1.807, 2.05) is 25.1 Å². The zero-order valence-corrected chi connectivity index (χ0v) is 13.4. The molecule has 1 saturated carbocycles. The molecule has 1 aromatic heterocycles. The maximum absolute atomic E-state index is 11.1. The third-order valence-corrected chi connectivity index (χ3v) is 4.57. The number of hydrogen-bond donors (Lipinski definition) is 1. The fraction of sp³-hybridized carbons (Fsp3) is 0.412. The van der Waals surface area contributed by atoms with E-state index in [1.165, 1.54) is 6.33 Å². The van der Waals surface area contributed by atoms with E-state index in [2.05, 4.69) is 16.2 Å². The highest BCUT2D eigenvalue weighted by molar-refractivity contribution is 6.30. The molecule has 116 valence electrons. The molecule has 0 saturated heterocycles. The van der Waals surface area contributed by atoms with Gasteiger partial charge in [-0.15, -0.1) is 0 Å². The molecule has 1 fully saturated rings. The van der Waals surface area contributed by atoms with E-state index in [0.717, 1.165) is 47.4 Å². The summed E-state index contributed by atoms with van der Waals surface area (Å²) in [5.41, 5.74) is 2.45. The molecule has 0 amide bonds. The molecule has 0 aliphatic heterocycles. The molecule has 4 nitrogen and oxygen atoms in total. The van der Waals surface area contributed by atoms with Crippen LogP contribution in [0.2, 0.25) is 5.02 Å². The Morgan fingerprint density at radius 2 is 2.27 bits per heavy atom. The Bertz CT molecular complexity index is 681. The number of nitrogens with zero attached hydrogens (tertiary/aromatic N) is 3. The lowest BCUT2D eigenvalue weighted by Gasteiger charge is -2.35. The van der Waals surface area contributed by atoms with Crippen molar-refractivity contribution in [2.24, 2.45) is 0 Å². The molecule has 1 atom stereocenters. The van der Waals surface area contributed by atoms with Crippen molar-refractivity contribution in [1.29, 1.82) is 0 Å². The average Bonchev–Trinajstić information content (AvgIpc) is 2.96. The van der Waals surface area contributed by atoms with Crippen LogP contribution in [0.1, 0.15) is 36.8 Å². The van der Waals surface area contributed by atoms with Crippen LogP contribution in [-0.2, 0) is 6.54 Å². The summed E-state index contributed by atoms with van der Waals surface area (Å²) in [5, 5.41) is 16.0. The molecular weight excluding hydrogens is 298 g/mol. The molecule has 1 heterocycles. The van der Waals surface area contributed by atoms with Gasteiger partial charge < -0.3 is 5.11 Å². The van der Waals surface area contributed by atoms with Crippen molar-refractivity contribution < 1.29 is 5.11 Å². The van der Waals surface area contributed by atoms with Crippen LogP contribution in [-0.4, -0.2) is 25.5 Å². The monoisotopic (exact) mass is 317 g/mol. The van der Waals surface area contributed by atoms with Crippen molar-refractivity contribution in [2.45, 2.75) is 44.8 Å². The summed E-state index contributed by atoms with van der Waals surface area (Å²) in [5.74, 6) is 0. The van der Waals surface area contributed by atoms with Crippen LogP contribution in [0.25, 0.3) is 6.08 Å². The molecule has 0 spiro atoms.